The summed E-state index contributed by atoms with van der Waals surface area (Å²) in [7, 11) is 3.19. The summed E-state index contributed by atoms with van der Waals surface area (Å²) in [6.07, 6.45) is 0. The molecule has 0 heterocycles. The minimum absolute atomic E-state index is 0.135. The average molecular weight is 354 g/mol. The Morgan fingerprint density at radius 1 is 0.923 bits per heavy atom. The van der Waals surface area contributed by atoms with E-state index in [1.807, 2.05) is 60.7 Å². The number of rotatable bonds is 7. The monoisotopic (exact) mass is 354 g/mol. The van der Waals surface area contributed by atoms with Crippen molar-refractivity contribution in [2.45, 2.75) is 5.92 Å². The van der Waals surface area contributed by atoms with Crippen LogP contribution in [0.25, 0.3) is 0 Å². The maximum Gasteiger partial charge on any atom is 0.318 e. The number of nitrogens with zero attached hydrogens (tertiary/aromatic N) is 1. The summed E-state index contributed by atoms with van der Waals surface area (Å²) in [5.74, 6) is -1.89. The van der Waals surface area contributed by atoms with E-state index in [-0.39, 0.29) is 12.5 Å². The van der Waals surface area contributed by atoms with Crippen LogP contribution in [-0.2, 0) is 19.1 Å². The number of hydrogen-bond donors (Lipinski definition) is 1. The third kappa shape index (κ3) is 5.44. The Labute approximate surface area is 152 Å². The van der Waals surface area contributed by atoms with Crippen LogP contribution in [0, 0.1) is 0 Å². The summed E-state index contributed by atoms with van der Waals surface area (Å²) in [5, 5.41) is 2.43. The first-order valence-corrected chi connectivity index (χ1v) is 8.22. The van der Waals surface area contributed by atoms with E-state index in [4.69, 9.17) is 4.74 Å². The lowest BCUT2D eigenvalue weighted by molar-refractivity contribution is -0.149. The molecule has 0 aliphatic rings. The van der Waals surface area contributed by atoms with Gasteiger partial charge in [0.05, 0.1) is 6.54 Å². The van der Waals surface area contributed by atoms with Gasteiger partial charge in [-0.3, -0.25) is 14.4 Å². The molecule has 0 spiro atoms. The maximum atomic E-state index is 12.6. The lowest BCUT2D eigenvalue weighted by Crippen LogP contribution is -2.38. The molecule has 6 nitrogen and oxygen atoms in total. The molecule has 0 fully saturated rings. The lowest BCUT2D eigenvalue weighted by atomic mass is 9.91. The molecule has 0 saturated carbocycles. The van der Waals surface area contributed by atoms with E-state index in [1.54, 1.807) is 14.1 Å². The summed E-state index contributed by atoms with van der Waals surface area (Å²) in [6.45, 7) is -0.570. The van der Waals surface area contributed by atoms with Gasteiger partial charge in [-0.25, -0.2) is 0 Å². The van der Waals surface area contributed by atoms with Gasteiger partial charge in [-0.1, -0.05) is 60.7 Å². The van der Waals surface area contributed by atoms with Crippen molar-refractivity contribution in [3.63, 3.8) is 0 Å². The Bertz CT molecular complexity index is 705. The smallest absolute Gasteiger partial charge is 0.318 e. The van der Waals surface area contributed by atoms with Gasteiger partial charge < -0.3 is 15.0 Å². The van der Waals surface area contributed by atoms with Gasteiger partial charge >= 0.3 is 5.97 Å². The summed E-state index contributed by atoms with van der Waals surface area (Å²) in [6, 6.07) is 18.5. The van der Waals surface area contributed by atoms with Crippen molar-refractivity contribution in [2.75, 3.05) is 27.2 Å². The quantitative estimate of drug-likeness (QED) is 0.766. The van der Waals surface area contributed by atoms with Crippen molar-refractivity contribution >= 4 is 17.8 Å². The largest absolute Gasteiger partial charge is 0.455 e. The molecule has 0 atom stereocenters. The summed E-state index contributed by atoms with van der Waals surface area (Å²) >= 11 is 0. The lowest BCUT2D eigenvalue weighted by Gasteiger charge is -2.17. The van der Waals surface area contributed by atoms with Crippen molar-refractivity contribution in [3.8, 4) is 0 Å². The van der Waals surface area contributed by atoms with E-state index in [1.165, 1.54) is 4.90 Å². The molecule has 1 N–H and O–H groups in total. The van der Waals surface area contributed by atoms with Crippen LogP contribution in [-0.4, -0.2) is 49.9 Å². The highest BCUT2D eigenvalue weighted by Crippen LogP contribution is 2.25. The van der Waals surface area contributed by atoms with Crippen LogP contribution in [0.15, 0.2) is 60.7 Å². The third-order valence-electron chi connectivity index (χ3n) is 3.78. The maximum absolute atomic E-state index is 12.6. The van der Waals surface area contributed by atoms with Gasteiger partial charge in [-0.15, -0.1) is 0 Å². The summed E-state index contributed by atoms with van der Waals surface area (Å²) in [4.78, 5) is 37.3. The van der Waals surface area contributed by atoms with E-state index in [2.05, 4.69) is 5.32 Å². The second-order valence-electron chi connectivity index (χ2n) is 5.93. The van der Waals surface area contributed by atoms with Gasteiger partial charge in [0.1, 0.15) is 5.92 Å². The molecule has 2 aromatic carbocycles. The van der Waals surface area contributed by atoms with E-state index in [9.17, 15) is 14.4 Å². The number of hydrogen-bond acceptors (Lipinski definition) is 4. The molecule has 2 amide bonds. The first kappa shape index (κ1) is 19.2. The van der Waals surface area contributed by atoms with E-state index in [0.29, 0.717) is 0 Å². The van der Waals surface area contributed by atoms with Gasteiger partial charge in [-0.05, 0) is 11.1 Å². The number of ether oxygens (including phenoxy) is 1. The second kappa shape index (κ2) is 9.36. The van der Waals surface area contributed by atoms with Crippen LogP contribution in [0.1, 0.15) is 17.0 Å². The number of carbonyl (C=O) groups is 3. The Kier molecular flexibility index (Phi) is 6.91. The number of esters is 1. The third-order valence-corrected chi connectivity index (χ3v) is 3.78. The van der Waals surface area contributed by atoms with Crippen LogP contribution < -0.4 is 5.32 Å². The standard InChI is InChI=1S/C20H22N2O4/c1-22(2)18(24)13-21-17(23)14-26-20(25)19(15-9-5-3-6-10-15)16-11-7-4-8-12-16/h3-12,19H,13-14H2,1-2H3,(H,21,23). The van der Waals surface area contributed by atoms with Crippen molar-refractivity contribution in [3.05, 3.63) is 71.8 Å². The normalized spacial score (nSPS) is 10.3. The minimum atomic E-state index is -0.617. The molecule has 0 aliphatic heterocycles. The molecule has 0 bridgehead atoms. The Morgan fingerprint density at radius 2 is 1.42 bits per heavy atom. The predicted molar refractivity (Wildman–Crippen MR) is 97.4 cm³/mol. The SMILES string of the molecule is CN(C)C(=O)CNC(=O)COC(=O)C(c1ccccc1)c1ccccc1. The van der Waals surface area contributed by atoms with E-state index in [0.717, 1.165) is 11.1 Å². The highest BCUT2D eigenvalue weighted by Gasteiger charge is 2.24. The summed E-state index contributed by atoms with van der Waals surface area (Å²) < 4.78 is 5.19. The molecular weight excluding hydrogens is 332 g/mol. The second-order valence-corrected chi connectivity index (χ2v) is 5.93. The Hall–Kier alpha value is -3.15. The Morgan fingerprint density at radius 3 is 1.88 bits per heavy atom. The van der Waals surface area contributed by atoms with Crippen LogP contribution in [0.4, 0.5) is 0 Å². The van der Waals surface area contributed by atoms with Crippen LogP contribution in [0.2, 0.25) is 0 Å². The van der Waals surface area contributed by atoms with Crippen molar-refractivity contribution in [1.82, 2.24) is 10.2 Å². The van der Waals surface area contributed by atoms with Gasteiger partial charge in [0.2, 0.25) is 5.91 Å². The molecule has 0 aliphatic carbocycles. The van der Waals surface area contributed by atoms with Crippen molar-refractivity contribution in [2.24, 2.45) is 0 Å². The number of nitrogens with one attached hydrogen (secondary N) is 1. The minimum Gasteiger partial charge on any atom is -0.455 e. The fourth-order valence-electron chi connectivity index (χ4n) is 2.36. The fourth-order valence-corrected chi connectivity index (χ4v) is 2.36. The predicted octanol–water partition coefficient (Wildman–Crippen LogP) is 1.57. The van der Waals surface area contributed by atoms with Gasteiger partial charge in [0.15, 0.2) is 6.61 Å². The van der Waals surface area contributed by atoms with Crippen molar-refractivity contribution < 1.29 is 19.1 Å². The first-order valence-electron chi connectivity index (χ1n) is 8.22. The number of amides is 2. The Balaban J connectivity index is 2.02. The zero-order valence-corrected chi connectivity index (χ0v) is 14.8. The average Bonchev–Trinajstić information content (AvgIpc) is 2.66. The highest BCUT2D eigenvalue weighted by molar-refractivity contribution is 5.88. The molecule has 0 unspecified atom stereocenters. The molecule has 26 heavy (non-hydrogen) atoms. The zero-order valence-electron chi connectivity index (χ0n) is 14.8. The molecule has 0 radical (unpaired) electrons. The van der Waals surface area contributed by atoms with Crippen LogP contribution >= 0.6 is 0 Å². The van der Waals surface area contributed by atoms with Crippen LogP contribution in [0.5, 0.6) is 0 Å². The number of benzene rings is 2. The molecule has 2 rings (SSSR count). The molecule has 6 heteroatoms. The first-order chi connectivity index (χ1) is 12.5. The molecule has 2 aromatic rings. The number of likely N-dealkylation sites (N-methyl/N-ethyl adjacent to an activating group) is 1. The van der Waals surface area contributed by atoms with Gasteiger partial charge in [0, 0.05) is 14.1 Å². The molecular formula is C20H22N2O4. The fraction of sp³-hybridized carbons (Fsp3) is 0.250. The highest BCUT2D eigenvalue weighted by atomic mass is 16.5. The van der Waals surface area contributed by atoms with Crippen LogP contribution in [0.3, 0.4) is 0 Å². The topological polar surface area (TPSA) is 75.7 Å². The van der Waals surface area contributed by atoms with Gasteiger partial charge in [-0.2, -0.15) is 0 Å². The van der Waals surface area contributed by atoms with E-state index >= 15 is 0 Å². The summed E-state index contributed by atoms with van der Waals surface area (Å²) in [5.41, 5.74) is 1.57. The molecule has 0 saturated heterocycles. The van der Waals surface area contributed by atoms with Gasteiger partial charge in [0.25, 0.3) is 5.91 Å². The molecule has 0 aromatic heterocycles. The zero-order chi connectivity index (χ0) is 18.9. The molecule has 136 valence electrons. The number of carbonyl (C=O) groups excluding carboxylic acids is 3. The van der Waals surface area contributed by atoms with E-state index < -0.39 is 24.4 Å². The van der Waals surface area contributed by atoms with Crippen molar-refractivity contribution in [1.29, 1.82) is 0 Å².